The Morgan fingerprint density at radius 2 is 1.52 bits per heavy atom. The number of nitriles is 1. The van der Waals surface area contributed by atoms with Crippen LogP contribution in [-0.4, -0.2) is 19.5 Å². The molecule has 0 spiro atoms. The van der Waals surface area contributed by atoms with Gasteiger partial charge in [0.25, 0.3) is 0 Å². The summed E-state index contributed by atoms with van der Waals surface area (Å²) in [5.41, 5.74) is 0.289. The van der Waals surface area contributed by atoms with Crippen LogP contribution in [0.5, 0.6) is 0 Å². The second-order valence-corrected chi connectivity index (χ2v) is 6.57. The van der Waals surface area contributed by atoms with Crippen molar-refractivity contribution >= 4 is 15.6 Å². The molecule has 0 aliphatic heterocycles. The predicted molar refractivity (Wildman–Crippen MR) is 78.4 cm³/mol. The van der Waals surface area contributed by atoms with E-state index in [2.05, 4.69) is 0 Å². The zero-order chi connectivity index (χ0) is 15.3. The highest BCUT2D eigenvalue weighted by Crippen LogP contribution is 2.21. The van der Waals surface area contributed by atoms with E-state index in [9.17, 15) is 13.2 Å². The molecule has 0 aliphatic carbocycles. The first-order chi connectivity index (χ1) is 10.1. The number of ketones is 1. The molecule has 0 saturated heterocycles. The molecule has 0 amide bonds. The van der Waals surface area contributed by atoms with Crippen LogP contribution < -0.4 is 0 Å². The van der Waals surface area contributed by atoms with Crippen molar-refractivity contribution in [1.82, 2.24) is 0 Å². The number of benzene rings is 2. The third kappa shape index (κ3) is 3.18. The molecule has 5 heteroatoms. The molecule has 0 heterocycles. The first kappa shape index (κ1) is 14.9. The molecule has 21 heavy (non-hydrogen) atoms. The summed E-state index contributed by atoms with van der Waals surface area (Å²) in [7, 11) is -3.88. The zero-order valence-electron chi connectivity index (χ0n) is 11.1. The Morgan fingerprint density at radius 1 is 1.00 bits per heavy atom. The van der Waals surface area contributed by atoms with Gasteiger partial charge in [-0.2, -0.15) is 5.26 Å². The van der Waals surface area contributed by atoms with Gasteiger partial charge in [-0.3, -0.25) is 4.79 Å². The van der Waals surface area contributed by atoms with E-state index in [-0.39, 0.29) is 16.9 Å². The van der Waals surface area contributed by atoms with Crippen LogP contribution in [0.4, 0.5) is 0 Å². The molecular weight excluding hydrogens is 286 g/mol. The van der Waals surface area contributed by atoms with Gasteiger partial charge in [0.05, 0.1) is 17.4 Å². The number of rotatable bonds is 5. The first-order valence-corrected chi connectivity index (χ1v) is 7.87. The smallest absolute Gasteiger partial charge is 0.189 e. The van der Waals surface area contributed by atoms with E-state index in [1.165, 1.54) is 12.1 Å². The maximum absolute atomic E-state index is 12.6. The van der Waals surface area contributed by atoms with Crippen molar-refractivity contribution in [3.8, 4) is 6.07 Å². The van der Waals surface area contributed by atoms with Gasteiger partial charge in [0.15, 0.2) is 15.6 Å². The van der Waals surface area contributed by atoms with E-state index in [0.29, 0.717) is 0 Å². The molecule has 106 valence electrons. The summed E-state index contributed by atoms with van der Waals surface area (Å²) in [6.45, 7) is 0. The molecule has 0 saturated carbocycles. The lowest BCUT2D eigenvalue weighted by Gasteiger charge is -2.14. The van der Waals surface area contributed by atoms with Crippen LogP contribution in [0.2, 0.25) is 0 Å². The average Bonchev–Trinajstić information content (AvgIpc) is 2.53. The Morgan fingerprint density at radius 3 is 2.05 bits per heavy atom. The number of carbonyl (C=O) groups excluding carboxylic acids is 1. The summed E-state index contributed by atoms with van der Waals surface area (Å²) in [6, 6.07) is 17.7. The molecule has 0 bridgehead atoms. The van der Waals surface area contributed by atoms with Gasteiger partial charge in [0, 0.05) is 5.56 Å². The first-order valence-electron chi connectivity index (χ1n) is 6.32. The molecule has 0 aromatic heterocycles. The van der Waals surface area contributed by atoms with Crippen molar-refractivity contribution in [3.05, 3.63) is 66.2 Å². The molecule has 0 N–H and O–H groups in total. The highest BCUT2D eigenvalue weighted by atomic mass is 32.2. The molecule has 0 aliphatic rings. The third-order valence-electron chi connectivity index (χ3n) is 3.07. The van der Waals surface area contributed by atoms with Crippen LogP contribution >= 0.6 is 0 Å². The minimum atomic E-state index is -3.88. The Balaban J connectivity index is 2.45. The number of hydrogen-bond donors (Lipinski definition) is 0. The molecule has 1 unspecified atom stereocenters. The van der Waals surface area contributed by atoms with Crippen molar-refractivity contribution in [2.45, 2.75) is 16.6 Å². The molecule has 1 atom stereocenters. The van der Waals surface area contributed by atoms with Crippen LogP contribution in [0.15, 0.2) is 65.6 Å². The topological polar surface area (TPSA) is 75.0 Å². The lowest BCUT2D eigenvalue weighted by atomic mass is 10.1. The number of Topliss-reactive ketones (excluding diaryl/α,β-unsaturated/α-hetero) is 1. The van der Waals surface area contributed by atoms with Crippen LogP contribution in [0.3, 0.4) is 0 Å². The Kier molecular flexibility index (Phi) is 4.51. The lowest BCUT2D eigenvalue weighted by molar-refractivity contribution is 0.0987. The zero-order valence-corrected chi connectivity index (χ0v) is 12.0. The standard InChI is InChI=1S/C16H13NO3S/c17-12-11-15(16(18)13-7-3-1-4-8-13)21(19,20)14-9-5-2-6-10-14/h1-10,15H,11H2. The summed E-state index contributed by atoms with van der Waals surface area (Å²) in [5.74, 6) is -0.555. The van der Waals surface area contributed by atoms with Crippen LogP contribution in [0, 0.1) is 11.3 Å². The van der Waals surface area contributed by atoms with Crippen LogP contribution in [0.1, 0.15) is 16.8 Å². The van der Waals surface area contributed by atoms with Crippen molar-refractivity contribution in [2.24, 2.45) is 0 Å². The summed E-state index contributed by atoms with van der Waals surface area (Å²) < 4.78 is 25.1. The molecule has 0 fully saturated rings. The quantitative estimate of drug-likeness (QED) is 0.795. The van der Waals surface area contributed by atoms with E-state index >= 15 is 0 Å². The second kappa shape index (κ2) is 6.33. The van der Waals surface area contributed by atoms with Gasteiger partial charge in [0.2, 0.25) is 0 Å². The van der Waals surface area contributed by atoms with E-state index < -0.39 is 20.9 Å². The van der Waals surface area contributed by atoms with Gasteiger partial charge in [0.1, 0.15) is 5.25 Å². The fourth-order valence-electron chi connectivity index (χ4n) is 1.99. The molecule has 2 aromatic rings. The Bertz CT molecular complexity index is 762. The lowest BCUT2D eigenvalue weighted by Crippen LogP contribution is -2.30. The highest BCUT2D eigenvalue weighted by molar-refractivity contribution is 7.92. The highest BCUT2D eigenvalue weighted by Gasteiger charge is 2.34. The maximum atomic E-state index is 12.6. The Hall–Kier alpha value is -2.45. The number of hydrogen-bond acceptors (Lipinski definition) is 4. The summed E-state index contributed by atoms with van der Waals surface area (Å²) >= 11 is 0. The SMILES string of the molecule is N#CCC(C(=O)c1ccccc1)S(=O)(=O)c1ccccc1. The molecule has 0 radical (unpaired) electrons. The van der Waals surface area contributed by atoms with E-state index in [1.807, 2.05) is 0 Å². The van der Waals surface area contributed by atoms with E-state index in [4.69, 9.17) is 5.26 Å². The number of nitrogens with zero attached hydrogens (tertiary/aromatic N) is 1. The summed E-state index contributed by atoms with van der Waals surface area (Å²) in [4.78, 5) is 12.5. The normalized spacial score (nSPS) is 12.3. The second-order valence-electron chi connectivity index (χ2n) is 4.44. The van der Waals surface area contributed by atoms with Gasteiger partial charge in [-0.15, -0.1) is 0 Å². The van der Waals surface area contributed by atoms with Crippen molar-refractivity contribution in [1.29, 1.82) is 5.26 Å². The minimum absolute atomic E-state index is 0.0505. The number of sulfone groups is 1. The van der Waals surface area contributed by atoms with Crippen molar-refractivity contribution < 1.29 is 13.2 Å². The van der Waals surface area contributed by atoms with Gasteiger partial charge < -0.3 is 0 Å². The number of carbonyl (C=O) groups is 1. The monoisotopic (exact) mass is 299 g/mol. The molecule has 4 nitrogen and oxygen atoms in total. The largest absolute Gasteiger partial charge is 0.293 e. The van der Waals surface area contributed by atoms with Gasteiger partial charge in [-0.25, -0.2) is 8.42 Å². The van der Waals surface area contributed by atoms with Gasteiger partial charge in [-0.1, -0.05) is 48.5 Å². The van der Waals surface area contributed by atoms with Crippen molar-refractivity contribution in [3.63, 3.8) is 0 Å². The third-order valence-corrected chi connectivity index (χ3v) is 5.13. The van der Waals surface area contributed by atoms with E-state index in [0.717, 1.165) is 0 Å². The maximum Gasteiger partial charge on any atom is 0.189 e. The fraction of sp³-hybridized carbons (Fsp3) is 0.125. The summed E-state index contributed by atoms with van der Waals surface area (Å²) in [5, 5.41) is 7.49. The molecular formula is C16H13NO3S. The molecule has 2 aromatic carbocycles. The van der Waals surface area contributed by atoms with Crippen LogP contribution in [-0.2, 0) is 9.84 Å². The fourth-order valence-corrected chi connectivity index (χ4v) is 3.57. The minimum Gasteiger partial charge on any atom is -0.293 e. The molecule has 2 rings (SSSR count). The summed E-state index contributed by atoms with van der Waals surface area (Å²) in [6.07, 6.45) is -0.370. The van der Waals surface area contributed by atoms with Crippen LogP contribution in [0.25, 0.3) is 0 Å². The predicted octanol–water partition coefficient (Wildman–Crippen LogP) is 2.63. The Labute approximate surface area is 123 Å². The van der Waals surface area contributed by atoms with E-state index in [1.54, 1.807) is 54.6 Å². The van der Waals surface area contributed by atoms with Crippen molar-refractivity contribution in [2.75, 3.05) is 0 Å². The van der Waals surface area contributed by atoms with Gasteiger partial charge >= 0.3 is 0 Å². The average molecular weight is 299 g/mol. The van der Waals surface area contributed by atoms with Gasteiger partial charge in [-0.05, 0) is 12.1 Å².